The van der Waals surface area contributed by atoms with E-state index in [1.54, 1.807) is 53.5 Å². The average Bonchev–Trinajstić information content (AvgIpc) is 3.18. The van der Waals surface area contributed by atoms with Crippen molar-refractivity contribution in [1.82, 2.24) is 4.57 Å². The lowest BCUT2D eigenvalue weighted by Gasteiger charge is -2.32. The summed E-state index contributed by atoms with van der Waals surface area (Å²) in [7, 11) is 0. The van der Waals surface area contributed by atoms with E-state index in [0.29, 0.717) is 24.2 Å². The van der Waals surface area contributed by atoms with Crippen LogP contribution in [-0.2, 0) is 23.5 Å². The Morgan fingerprint density at radius 2 is 1.75 bits per heavy atom. The lowest BCUT2D eigenvalue weighted by molar-refractivity contribution is -0.126. The number of anilines is 1. The molecule has 2 aliphatic rings. The van der Waals surface area contributed by atoms with Crippen molar-refractivity contribution in [2.75, 3.05) is 4.90 Å². The van der Waals surface area contributed by atoms with Crippen LogP contribution in [0.5, 0.6) is 0 Å². The fourth-order valence-corrected chi connectivity index (χ4v) is 4.52. The van der Waals surface area contributed by atoms with Crippen LogP contribution in [0.25, 0.3) is 0 Å². The molecule has 0 saturated heterocycles. The van der Waals surface area contributed by atoms with Crippen LogP contribution in [0.1, 0.15) is 27.2 Å². The first-order chi connectivity index (χ1) is 15.5. The number of hydrogen-bond donors (Lipinski definition) is 2. The molecule has 32 heavy (non-hydrogen) atoms. The zero-order valence-corrected chi connectivity index (χ0v) is 17.4. The molecule has 160 valence electrons. The lowest BCUT2D eigenvalue weighted by Crippen LogP contribution is -2.41. The molecule has 0 bridgehead atoms. The Labute approximate surface area is 185 Å². The third kappa shape index (κ3) is 3.25. The van der Waals surface area contributed by atoms with Crippen molar-refractivity contribution in [3.63, 3.8) is 0 Å². The maximum Gasteiger partial charge on any atom is 0.258 e. The summed E-state index contributed by atoms with van der Waals surface area (Å²) in [5, 5.41) is 11.2. The molecule has 2 atom stereocenters. The van der Waals surface area contributed by atoms with Gasteiger partial charge in [-0.2, -0.15) is 0 Å². The van der Waals surface area contributed by atoms with Gasteiger partial charge < -0.3 is 20.3 Å². The predicted octanol–water partition coefficient (Wildman–Crippen LogP) is 3.11. The van der Waals surface area contributed by atoms with Gasteiger partial charge in [-0.1, -0.05) is 48.6 Å². The van der Waals surface area contributed by atoms with Gasteiger partial charge in [-0.05, 0) is 47.5 Å². The summed E-state index contributed by atoms with van der Waals surface area (Å²) in [6.07, 6.45) is 8.54. The minimum absolute atomic E-state index is 0.129. The third-order valence-corrected chi connectivity index (χ3v) is 6.25. The molecular formula is C26H23N3O3. The molecule has 2 aromatic carbocycles. The van der Waals surface area contributed by atoms with Gasteiger partial charge in [0.25, 0.3) is 5.91 Å². The highest BCUT2D eigenvalue weighted by Gasteiger charge is 2.39. The number of fused-ring (bicyclic) bond motifs is 2. The average molecular weight is 425 g/mol. The summed E-state index contributed by atoms with van der Waals surface area (Å²) >= 11 is 0. The van der Waals surface area contributed by atoms with Crippen molar-refractivity contribution in [2.45, 2.75) is 18.7 Å². The zero-order chi connectivity index (χ0) is 22.3. The highest BCUT2D eigenvalue weighted by atomic mass is 16.3. The van der Waals surface area contributed by atoms with E-state index >= 15 is 0 Å². The van der Waals surface area contributed by atoms with Crippen LogP contribution in [-0.4, -0.2) is 21.5 Å². The summed E-state index contributed by atoms with van der Waals surface area (Å²) in [5.41, 5.74) is 7.98. The van der Waals surface area contributed by atoms with Gasteiger partial charge in [0.1, 0.15) is 5.60 Å². The van der Waals surface area contributed by atoms with Crippen molar-refractivity contribution in [3.8, 4) is 0 Å². The first-order valence-electron chi connectivity index (χ1n) is 10.5. The van der Waals surface area contributed by atoms with E-state index in [1.807, 2.05) is 42.6 Å². The number of aromatic nitrogens is 1. The predicted molar refractivity (Wildman–Crippen MR) is 122 cm³/mol. The zero-order valence-electron chi connectivity index (χ0n) is 17.4. The molecule has 0 spiro atoms. The van der Waals surface area contributed by atoms with Crippen molar-refractivity contribution in [2.24, 2.45) is 11.7 Å². The fourth-order valence-electron chi connectivity index (χ4n) is 4.52. The molecule has 5 rings (SSSR count). The molecule has 2 amide bonds. The summed E-state index contributed by atoms with van der Waals surface area (Å²) < 4.78 is 2.15. The van der Waals surface area contributed by atoms with Crippen molar-refractivity contribution in [3.05, 3.63) is 114 Å². The Morgan fingerprint density at radius 3 is 2.53 bits per heavy atom. The van der Waals surface area contributed by atoms with Crippen molar-refractivity contribution >= 4 is 17.5 Å². The molecule has 6 nitrogen and oxygen atoms in total. The van der Waals surface area contributed by atoms with Gasteiger partial charge in [0.2, 0.25) is 5.91 Å². The number of benzene rings is 2. The van der Waals surface area contributed by atoms with Gasteiger partial charge in [-0.15, -0.1) is 0 Å². The van der Waals surface area contributed by atoms with E-state index in [-0.39, 0.29) is 5.91 Å². The Hall–Kier alpha value is -3.90. The van der Waals surface area contributed by atoms with Gasteiger partial charge in [-0.3, -0.25) is 9.59 Å². The van der Waals surface area contributed by atoms with E-state index in [0.717, 1.165) is 16.9 Å². The second-order valence-electron chi connectivity index (χ2n) is 8.17. The molecule has 3 N–H and O–H groups in total. The molecule has 0 fully saturated rings. The van der Waals surface area contributed by atoms with E-state index in [4.69, 9.17) is 5.73 Å². The third-order valence-electron chi connectivity index (χ3n) is 6.25. The number of hydrogen-bond acceptors (Lipinski definition) is 3. The second kappa shape index (κ2) is 7.66. The maximum absolute atomic E-state index is 13.5. The van der Waals surface area contributed by atoms with E-state index in [1.165, 1.54) is 0 Å². The Balaban J connectivity index is 1.49. The smallest absolute Gasteiger partial charge is 0.258 e. The quantitative estimate of drug-likeness (QED) is 0.676. The standard InChI is InChI=1S/C26H23N3O3/c27-24(30)22-8-3-4-14-26(22,32)20-12-10-18(11-13-20)25(31)29-17-21-7-5-15-28(21)16-19-6-1-2-9-23(19)29/h1-15,22,32H,16-17H2,(H2,27,30). The summed E-state index contributed by atoms with van der Waals surface area (Å²) in [4.78, 5) is 27.2. The van der Waals surface area contributed by atoms with Gasteiger partial charge in [0, 0.05) is 29.7 Å². The molecule has 0 saturated carbocycles. The molecule has 6 heteroatoms. The number of carbonyl (C=O) groups is 2. The first kappa shape index (κ1) is 20.0. The largest absolute Gasteiger partial charge is 0.380 e. The first-order valence-corrected chi connectivity index (χ1v) is 10.5. The van der Waals surface area contributed by atoms with Gasteiger partial charge in [-0.25, -0.2) is 0 Å². The number of rotatable bonds is 3. The Bertz CT molecular complexity index is 1260. The monoisotopic (exact) mass is 425 g/mol. The van der Waals surface area contributed by atoms with Gasteiger partial charge in [0.05, 0.1) is 12.5 Å². The minimum atomic E-state index is -1.54. The van der Waals surface area contributed by atoms with Crippen LogP contribution >= 0.6 is 0 Å². The van der Waals surface area contributed by atoms with Crippen LogP contribution in [0, 0.1) is 5.92 Å². The molecule has 0 radical (unpaired) electrons. The van der Waals surface area contributed by atoms with Gasteiger partial charge in [0.15, 0.2) is 0 Å². The molecule has 1 aromatic heterocycles. The number of amides is 2. The van der Waals surface area contributed by atoms with Crippen molar-refractivity contribution in [1.29, 1.82) is 0 Å². The highest BCUT2D eigenvalue weighted by molar-refractivity contribution is 6.06. The fraction of sp³-hybridized carbons (Fsp3) is 0.154. The summed E-state index contributed by atoms with van der Waals surface area (Å²) in [6, 6.07) is 18.7. The number of aliphatic hydroxyl groups is 1. The topological polar surface area (TPSA) is 88.6 Å². The van der Waals surface area contributed by atoms with E-state index < -0.39 is 17.4 Å². The number of allylic oxidation sites excluding steroid dienone is 2. The Kier molecular flexibility index (Phi) is 4.79. The van der Waals surface area contributed by atoms with Crippen LogP contribution in [0.15, 0.2) is 91.2 Å². The molecule has 3 aromatic rings. The van der Waals surface area contributed by atoms with Crippen LogP contribution < -0.4 is 10.6 Å². The number of nitrogens with zero attached hydrogens (tertiary/aromatic N) is 2. The van der Waals surface area contributed by atoms with E-state index in [9.17, 15) is 14.7 Å². The molecular weight excluding hydrogens is 402 g/mol. The number of para-hydroxylation sites is 1. The summed E-state index contributed by atoms with van der Waals surface area (Å²) in [6.45, 7) is 1.18. The second-order valence-corrected chi connectivity index (χ2v) is 8.17. The van der Waals surface area contributed by atoms with Crippen LogP contribution in [0.4, 0.5) is 5.69 Å². The van der Waals surface area contributed by atoms with E-state index in [2.05, 4.69) is 4.57 Å². The highest BCUT2D eigenvalue weighted by Crippen LogP contribution is 2.35. The Morgan fingerprint density at radius 1 is 0.969 bits per heavy atom. The molecule has 2 heterocycles. The molecule has 1 aliphatic heterocycles. The SMILES string of the molecule is NC(=O)C1C=CC=CC1(O)c1ccc(C(=O)N2Cc3cccn3Cc3ccccc32)cc1. The normalized spacial score (nSPS) is 21.5. The van der Waals surface area contributed by atoms with Crippen LogP contribution in [0.3, 0.4) is 0 Å². The minimum Gasteiger partial charge on any atom is -0.380 e. The van der Waals surface area contributed by atoms with Gasteiger partial charge >= 0.3 is 0 Å². The number of primary amides is 1. The molecule has 1 aliphatic carbocycles. The molecule has 2 unspecified atom stereocenters. The van der Waals surface area contributed by atoms with Crippen LogP contribution in [0.2, 0.25) is 0 Å². The number of carbonyl (C=O) groups excluding carboxylic acids is 2. The number of nitrogens with two attached hydrogens (primary N) is 1. The van der Waals surface area contributed by atoms with Crippen molar-refractivity contribution < 1.29 is 14.7 Å². The maximum atomic E-state index is 13.5. The lowest BCUT2D eigenvalue weighted by atomic mass is 9.78. The summed E-state index contributed by atoms with van der Waals surface area (Å²) in [5.74, 6) is -1.62.